The molecule has 0 amide bonds. The number of hydrogen-bond donors (Lipinski definition) is 0. The van der Waals surface area contributed by atoms with Crippen LogP contribution in [0, 0.1) is 0 Å². The van der Waals surface area contributed by atoms with Crippen molar-refractivity contribution in [2.45, 2.75) is 13.3 Å². The lowest BCUT2D eigenvalue weighted by atomic mass is 10.3. The smallest absolute Gasteiger partial charge is 0.189 e. The average Bonchev–Trinajstić information content (AvgIpc) is 2.26. The lowest BCUT2D eigenvalue weighted by Crippen LogP contribution is -2.03. The first kappa shape index (κ1) is 12.1. The Kier molecular flexibility index (Phi) is 5.29. The first-order chi connectivity index (χ1) is 7.27. The van der Waals surface area contributed by atoms with E-state index < -0.39 is 0 Å². The van der Waals surface area contributed by atoms with Gasteiger partial charge in [0.25, 0.3) is 0 Å². The SMILES string of the molecule is CCCOCOc1ccc(OC)cc1Cl. The summed E-state index contributed by atoms with van der Waals surface area (Å²) < 4.78 is 15.5. The number of methoxy groups -OCH3 is 1. The van der Waals surface area contributed by atoms with Crippen molar-refractivity contribution < 1.29 is 14.2 Å². The van der Waals surface area contributed by atoms with Gasteiger partial charge in [0.15, 0.2) is 6.79 Å². The Balaban J connectivity index is 2.47. The van der Waals surface area contributed by atoms with Gasteiger partial charge in [0.1, 0.15) is 11.5 Å². The Morgan fingerprint density at radius 1 is 1.33 bits per heavy atom. The highest BCUT2D eigenvalue weighted by Gasteiger charge is 2.02. The molecule has 0 saturated carbocycles. The molecule has 0 saturated heterocycles. The molecular weight excluding hydrogens is 216 g/mol. The maximum absolute atomic E-state index is 5.96. The number of halogens is 1. The molecule has 0 aliphatic rings. The summed E-state index contributed by atoms with van der Waals surface area (Å²) >= 11 is 5.96. The fraction of sp³-hybridized carbons (Fsp3) is 0.455. The van der Waals surface area contributed by atoms with Gasteiger partial charge in [0.05, 0.1) is 18.7 Å². The third-order valence-electron chi connectivity index (χ3n) is 1.79. The minimum Gasteiger partial charge on any atom is -0.497 e. The molecule has 3 nitrogen and oxygen atoms in total. The molecule has 0 aliphatic heterocycles. The molecule has 0 atom stereocenters. The van der Waals surface area contributed by atoms with Crippen LogP contribution in [0.5, 0.6) is 11.5 Å². The zero-order valence-corrected chi connectivity index (χ0v) is 9.71. The van der Waals surface area contributed by atoms with Crippen LogP contribution in [0.15, 0.2) is 18.2 Å². The van der Waals surface area contributed by atoms with Crippen LogP contribution in [-0.2, 0) is 4.74 Å². The van der Waals surface area contributed by atoms with Crippen LogP contribution in [0.1, 0.15) is 13.3 Å². The molecule has 15 heavy (non-hydrogen) atoms. The third-order valence-corrected chi connectivity index (χ3v) is 2.08. The second-order valence-electron chi connectivity index (χ2n) is 2.97. The number of hydrogen-bond acceptors (Lipinski definition) is 3. The van der Waals surface area contributed by atoms with Crippen molar-refractivity contribution >= 4 is 11.6 Å². The summed E-state index contributed by atoms with van der Waals surface area (Å²) in [4.78, 5) is 0. The predicted molar refractivity (Wildman–Crippen MR) is 59.7 cm³/mol. The number of benzene rings is 1. The highest BCUT2D eigenvalue weighted by molar-refractivity contribution is 6.32. The van der Waals surface area contributed by atoms with E-state index in [4.69, 9.17) is 25.8 Å². The molecule has 4 heteroatoms. The first-order valence-corrected chi connectivity index (χ1v) is 5.19. The van der Waals surface area contributed by atoms with Gasteiger partial charge >= 0.3 is 0 Å². The molecule has 0 heterocycles. The molecule has 0 aromatic heterocycles. The van der Waals surface area contributed by atoms with Crippen molar-refractivity contribution in [3.05, 3.63) is 23.2 Å². The van der Waals surface area contributed by atoms with Gasteiger partial charge < -0.3 is 14.2 Å². The van der Waals surface area contributed by atoms with E-state index in [-0.39, 0.29) is 6.79 Å². The first-order valence-electron chi connectivity index (χ1n) is 4.82. The van der Waals surface area contributed by atoms with Gasteiger partial charge in [0, 0.05) is 6.07 Å². The Hall–Kier alpha value is -0.930. The van der Waals surface area contributed by atoms with Gasteiger partial charge in [0.2, 0.25) is 0 Å². The second kappa shape index (κ2) is 6.53. The molecule has 0 unspecified atom stereocenters. The highest BCUT2D eigenvalue weighted by Crippen LogP contribution is 2.28. The van der Waals surface area contributed by atoms with Gasteiger partial charge in [-0.25, -0.2) is 0 Å². The average molecular weight is 231 g/mol. The van der Waals surface area contributed by atoms with Crippen molar-refractivity contribution in [3.8, 4) is 11.5 Å². The molecule has 0 N–H and O–H groups in total. The Morgan fingerprint density at radius 3 is 2.73 bits per heavy atom. The lowest BCUT2D eigenvalue weighted by Gasteiger charge is -2.09. The molecule has 1 rings (SSSR count). The summed E-state index contributed by atoms with van der Waals surface area (Å²) in [5.41, 5.74) is 0. The van der Waals surface area contributed by atoms with E-state index in [1.807, 2.05) is 6.92 Å². The standard InChI is InChI=1S/C11H15ClO3/c1-3-6-14-8-15-11-5-4-9(13-2)7-10(11)12/h4-5,7H,3,6,8H2,1-2H3. The normalized spacial score (nSPS) is 10.1. The van der Waals surface area contributed by atoms with Crippen LogP contribution in [0.3, 0.4) is 0 Å². The van der Waals surface area contributed by atoms with Gasteiger partial charge in [-0.2, -0.15) is 0 Å². The van der Waals surface area contributed by atoms with Crippen LogP contribution < -0.4 is 9.47 Å². The molecular formula is C11H15ClO3. The molecule has 84 valence electrons. The van der Waals surface area contributed by atoms with Gasteiger partial charge in [-0.05, 0) is 18.6 Å². The highest BCUT2D eigenvalue weighted by atomic mass is 35.5. The summed E-state index contributed by atoms with van der Waals surface area (Å²) in [7, 11) is 1.59. The number of ether oxygens (including phenoxy) is 3. The van der Waals surface area contributed by atoms with E-state index in [2.05, 4.69) is 0 Å². The van der Waals surface area contributed by atoms with Gasteiger partial charge in [-0.3, -0.25) is 0 Å². The fourth-order valence-electron chi connectivity index (χ4n) is 1.03. The van der Waals surface area contributed by atoms with Gasteiger partial charge in [-0.15, -0.1) is 0 Å². The van der Waals surface area contributed by atoms with E-state index in [0.717, 1.165) is 6.42 Å². The van der Waals surface area contributed by atoms with E-state index in [9.17, 15) is 0 Å². The van der Waals surface area contributed by atoms with Crippen LogP contribution in [0.4, 0.5) is 0 Å². The fourth-order valence-corrected chi connectivity index (χ4v) is 1.26. The molecule has 1 aromatic carbocycles. The number of rotatable bonds is 6. The Morgan fingerprint density at radius 2 is 2.13 bits per heavy atom. The summed E-state index contributed by atoms with van der Waals surface area (Å²) in [6.45, 7) is 2.95. The van der Waals surface area contributed by atoms with E-state index in [1.54, 1.807) is 25.3 Å². The molecule has 0 fully saturated rings. The second-order valence-corrected chi connectivity index (χ2v) is 3.37. The van der Waals surface area contributed by atoms with Crippen molar-refractivity contribution in [1.82, 2.24) is 0 Å². The minimum absolute atomic E-state index is 0.222. The molecule has 0 radical (unpaired) electrons. The van der Waals surface area contributed by atoms with Crippen molar-refractivity contribution in [1.29, 1.82) is 0 Å². The molecule has 0 bridgehead atoms. The van der Waals surface area contributed by atoms with Crippen molar-refractivity contribution in [2.75, 3.05) is 20.5 Å². The van der Waals surface area contributed by atoms with Gasteiger partial charge in [-0.1, -0.05) is 18.5 Å². The summed E-state index contributed by atoms with van der Waals surface area (Å²) in [6.07, 6.45) is 0.972. The molecule has 0 aliphatic carbocycles. The van der Waals surface area contributed by atoms with Crippen LogP contribution in [0.25, 0.3) is 0 Å². The van der Waals surface area contributed by atoms with E-state index in [0.29, 0.717) is 23.1 Å². The lowest BCUT2D eigenvalue weighted by molar-refractivity contribution is 0.0157. The topological polar surface area (TPSA) is 27.7 Å². The minimum atomic E-state index is 0.222. The summed E-state index contributed by atoms with van der Waals surface area (Å²) in [6, 6.07) is 5.26. The van der Waals surface area contributed by atoms with Crippen LogP contribution in [-0.4, -0.2) is 20.5 Å². The quantitative estimate of drug-likeness (QED) is 0.555. The molecule has 0 spiro atoms. The summed E-state index contributed by atoms with van der Waals surface area (Å²) in [5, 5.41) is 0.523. The zero-order valence-electron chi connectivity index (χ0n) is 8.96. The van der Waals surface area contributed by atoms with Crippen molar-refractivity contribution in [3.63, 3.8) is 0 Å². The largest absolute Gasteiger partial charge is 0.497 e. The predicted octanol–water partition coefficient (Wildman–Crippen LogP) is 3.11. The zero-order chi connectivity index (χ0) is 11.1. The third kappa shape index (κ3) is 3.98. The monoisotopic (exact) mass is 230 g/mol. The summed E-state index contributed by atoms with van der Waals surface area (Å²) in [5.74, 6) is 1.32. The molecule has 1 aromatic rings. The van der Waals surface area contributed by atoms with E-state index in [1.165, 1.54) is 0 Å². The Bertz CT molecular complexity index is 302. The van der Waals surface area contributed by atoms with Crippen molar-refractivity contribution in [2.24, 2.45) is 0 Å². The maximum atomic E-state index is 5.96. The maximum Gasteiger partial charge on any atom is 0.189 e. The Labute approximate surface area is 94.9 Å². The van der Waals surface area contributed by atoms with E-state index >= 15 is 0 Å². The van der Waals surface area contributed by atoms with Crippen LogP contribution in [0.2, 0.25) is 5.02 Å². The van der Waals surface area contributed by atoms with Crippen LogP contribution >= 0.6 is 11.6 Å².